The summed E-state index contributed by atoms with van der Waals surface area (Å²) in [4.78, 5) is 11.7. The van der Waals surface area contributed by atoms with Crippen LogP contribution in [0.3, 0.4) is 0 Å². The second-order valence-corrected chi connectivity index (χ2v) is 6.42. The summed E-state index contributed by atoms with van der Waals surface area (Å²) in [6.45, 7) is 5.78. The van der Waals surface area contributed by atoms with E-state index in [-0.39, 0.29) is 18.3 Å². The zero-order valence-electron chi connectivity index (χ0n) is 13.2. The Bertz CT molecular complexity index is 296. The van der Waals surface area contributed by atoms with E-state index in [0.29, 0.717) is 37.5 Å². The summed E-state index contributed by atoms with van der Waals surface area (Å²) in [6.07, 6.45) is 8.40. The lowest BCUT2D eigenvalue weighted by Gasteiger charge is -2.28. The molecule has 4 nitrogen and oxygen atoms in total. The molecule has 3 atom stereocenters. The van der Waals surface area contributed by atoms with Crippen LogP contribution < -0.4 is 10.6 Å². The maximum Gasteiger partial charge on any atom is 0.220 e. The summed E-state index contributed by atoms with van der Waals surface area (Å²) in [5.74, 6) is 1.55. The number of rotatable bonds is 7. The molecule has 21 heavy (non-hydrogen) atoms. The Morgan fingerprint density at radius 1 is 1.29 bits per heavy atom. The van der Waals surface area contributed by atoms with Gasteiger partial charge in [-0.2, -0.15) is 0 Å². The molecule has 2 fully saturated rings. The second-order valence-electron chi connectivity index (χ2n) is 6.42. The van der Waals surface area contributed by atoms with Crippen molar-refractivity contribution in [2.45, 2.75) is 58.0 Å². The van der Waals surface area contributed by atoms with Crippen molar-refractivity contribution in [1.82, 2.24) is 10.6 Å². The molecule has 0 radical (unpaired) electrons. The van der Waals surface area contributed by atoms with Crippen LogP contribution in [0.5, 0.6) is 0 Å². The highest BCUT2D eigenvalue weighted by molar-refractivity contribution is 5.85. The van der Waals surface area contributed by atoms with Crippen LogP contribution in [0.25, 0.3) is 0 Å². The molecule has 2 aliphatic rings. The Morgan fingerprint density at radius 3 is 2.81 bits per heavy atom. The molecule has 1 aliphatic carbocycles. The van der Waals surface area contributed by atoms with Gasteiger partial charge in [-0.25, -0.2) is 0 Å². The first-order chi connectivity index (χ1) is 9.75. The fraction of sp³-hybridized carbons (Fsp3) is 0.938. The summed E-state index contributed by atoms with van der Waals surface area (Å²) in [5.41, 5.74) is 0. The van der Waals surface area contributed by atoms with Gasteiger partial charge in [0.15, 0.2) is 0 Å². The van der Waals surface area contributed by atoms with Crippen molar-refractivity contribution in [3.8, 4) is 0 Å². The van der Waals surface area contributed by atoms with Gasteiger partial charge < -0.3 is 15.4 Å². The first kappa shape index (κ1) is 18.7. The van der Waals surface area contributed by atoms with Crippen molar-refractivity contribution in [1.29, 1.82) is 0 Å². The minimum absolute atomic E-state index is 0. The molecular weight excluding hydrogens is 288 g/mol. The van der Waals surface area contributed by atoms with E-state index in [0.717, 1.165) is 19.5 Å². The summed E-state index contributed by atoms with van der Waals surface area (Å²) < 4.78 is 5.90. The van der Waals surface area contributed by atoms with Gasteiger partial charge in [-0.1, -0.05) is 19.8 Å². The van der Waals surface area contributed by atoms with E-state index in [1.165, 1.54) is 32.1 Å². The van der Waals surface area contributed by atoms with Crippen molar-refractivity contribution in [2.75, 3.05) is 26.2 Å². The minimum atomic E-state index is 0. The lowest BCUT2D eigenvalue weighted by molar-refractivity contribution is -0.121. The lowest BCUT2D eigenvalue weighted by atomic mass is 9.88. The smallest absolute Gasteiger partial charge is 0.220 e. The third-order valence-electron chi connectivity index (χ3n) is 4.73. The van der Waals surface area contributed by atoms with Gasteiger partial charge in [-0.05, 0) is 50.6 Å². The van der Waals surface area contributed by atoms with Crippen molar-refractivity contribution >= 4 is 18.3 Å². The highest BCUT2D eigenvalue weighted by Crippen LogP contribution is 2.25. The summed E-state index contributed by atoms with van der Waals surface area (Å²) in [6, 6.07) is 0. The molecule has 124 valence electrons. The molecule has 1 aliphatic heterocycles. The molecule has 0 aromatic heterocycles. The van der Waals surface area contributed by atoms with Crippen LogP contribution in [0, 0.1) is 11.8 Å². The van der Waals surface area contributed by atoms with Crippen LogP contribution in [0.2, 0.25) is 0 Å². The number of ether oxygens (including phenoxy) is 1. The third kappa shape index (κ3) is 6.98. The predicted molar refractivity (Wildman–Crippen MR) is 87.8 cm³/mol. The van der Waals surface area contributed by atoms with Gasteiger partial charge in [-0.3, -0.25) is 4.79 Å². The molecule has 1 saturated heterocycles. The van der Waals surface area contributed by atoms with Gasteiger partial charge in [0.2, 0.25) is 5.91 Å². The average molecular weight is 319 g/mol. The standard InChI is InChI=1S/C16H30N2O2.ClH/c1-13-4-2-3-5-15(13)20-11-10-18-16(19)7-6-14-8-9-17-12-14;/h13-15,17H,2-12H2,1H3,(H,18,19);1H. The molecule has 2 rings (SSSR count). The van der Waals surface area contributed by atoms with E-state index >= 15 is 0 Å². The van der Waals surface area contributed by atoms with Crippen molar-refractivity contribution in [3.63, 3.8) is 0 Å². The first-order valence-electron chi connectivity index (χ1n) is 8.34. The zero-order valence-corrected chi connectivity index (χ0v) is 14.1. The molecule has 1 amide bonds. The molecule has 3 unspecified atom stereocenters. The van der Waals surface area contributed by atoms with E-state index in [2.05, 4.69) is 17.6 Å². The topological polar surface area (TPSA) is 50.4 Å². The summed E-state index contributed by atoms with van der Waals surface area (Å²) in [5, 5.41) is 6.31. The fourth-order valence-electron chi connectivity index (χ4n) is 3.32. The van der Waals surface area contributed by atoms with Crippen molar-refractivity contribution in [2.24, 2.45) is 11.8 Å². The highest BCUT2D eigenvalue weighted by Gasteiger charge is 2.21. The maximum absolute atomic E-state index is 11.7. The monoisotopic (exact) mass is 318 g/mol. The summed E-state index contributed by atoms with van der Waals surface area (Å²) >= 11 is 0. The van der Waals surface area contributed by atoms with Crippen molar-refractivity contribution < 1.29 is 9.53 Å². The minimum Gasteiger partial charge on any atom is -0.376 e. The molecule has 1 heterocycles. The second kappa shape index (κ2) is 10.4. The van der Waals surface area contributed by atoms with Crippen LogP contribution in [-0.2, 0) is 9.53 Å². The molecule has 0 spiro atoms. The van der Waals surface area contributed by atoms with Gasteiger partial charge >= 0.3 is 0 Å². The maximum atomic E-state index is 11.7. The number of carbonyl (C=O) groups is 1. The molecular formula is C16H31ClN2O2. The Balaban J connectivity index is 0.00000220. The molecule has 0 bridgehead atoms. The Labute approximate surface area is 135 Å². The number of nitrogens with one attached hydrogen (secondary N) is 2. The number of hydrogen-bond donors (Lipinski definition) is 2. The average Bonchev–Trinajstić information content (AvgIpc) is 2.96. The van der Waals surface area contributed by atoms with Gasteiger partial charge in [0.1, 0.15) is 0 Å². The first-order valence-corrected chi connectivity index (χ1v) is 8.34. The van der Waals surface area contributed by atoms with Gasteiger partial charge in [0, 0.05) is 13.0 Å². The van der Waals surface area contributed by atoms with E-state index < -0.39 is 0 Å². The molecule has 0 aromatic carbocycles. The molecule has 2 N–H and O–H groups in total. The predicted octanol–water partition coefficient (Wildman–Crippen LogP) is 2.51. The highest BCUT2D eigenvalue weighted by atomic mass is 35.5. The number of amides is 1. The summed E-state index contributed by atoms with van der Waals surface area (Å²) in [7, 11) is 0. The van der Waals surface area contributed by atoms with E-state index in [4.69, 9.17) is 4.74 Å². The van der Waals surface area contributed by atoms with Gasteiger partial charge in [0.25, 0.3) is 0 Å². The fourth-order valence-corrected chi connectivity index (χ4v) is 3.32. The molecule has 1 saturated carbocycles. The van der Waals surface area contributed by atoms with Crippen LogP contribution in [0.1, 0.15) is 51.9 Å². The van der Waals surface area contributed by atoms with Crippen LogP contribution in [0.15, 0.2) is 0 Å². The quantitative estimate of drug-likeness (QED) is 0.709. The van der Waals surface area contributed by atoms with E-state index in [1.54, 1.807) is 0 Å². The number of halogens is 1. The van der Waals surface area contributed by atoms with Crippen LogP contribution >= 0.6 is 12.4 Å². The normalized spacial score (nSPS) is 28.9. The third-order valence-corrected chi connectivity index (χ3v) is 4.73. The molecule has 5 heteroatoms. The van der Waals surface area contributed by atoms with E-state index in [1.807, 2.05) is 0 Å². The van der Waals surface area contributed by atoms with Gasteiger partial charge in [0.05, 0.1) is 12.7 Å². The Kier molecular flexibility index (Phi) is 9.29. The van der Waals surface area contributed by atoms with Gasteiger partial charge in [-0.15, -0.1) is 12.4 Å². The number of carbonyl (C=O) groups excluding carboxylic acids is 1. The Hall–Kier alpha value is -0.320. The largest absolute Gasteiger partial charge is 0.376 e. The lowest BCUT2D eigenvalue weighted by Crippen LogP contribution is -2.32. The van der Waals surface area contributed by atoms with Crippen LogP contribution in [-0.4, -0.2) is 38.3 Å². The SMILES string of the molecule is CC1CCCCC1OCCNC(=O)CCC1CCNC1.Cl. The van der Waals surface area contributed by atoms with E-state index in [9.17, 15) is 4.79 Å². The zero-order chi connectivity index (χ0) is 14.2. The Morgan fingerprint density at radius 2 is 2.10 bits per heavy atom. The molecule has 0 aromatic rings. The number of hydrogen-bond acceptors (Lipinski definition) is 3. The van der Waals surface area contributed by atoms with Crippen LogP contribution in [0.4, 0.5) is 0 Å². The van der Waals surface area contributed by atoms with Crippen molar-refractivity contribution in [3.05, 3.63) is 0 Å².